The minimum atomic E-state index is 0.317. The summed E-state index contributed by atoms with van der Waals surface area (Å²) in [5.74, 6) is 0. The maximum Gasteiger partial charge on any atom is 0.0207 e. The van der Waals surface area contributed by atoms with Crippen molar-refractivity contribution in [2.75, 3.05) is 19.6 Å². The van der Waals surface area contributed by atoms with E-state index in [1.165, 1.54) is 0 Å². The first-order chi connectivity index (χ1) is 4.79. The molecular formula is C7H17N3. The van der Waals surface area contributed by atoms with E-state index < -0.39 is 0 Å². The summed E-state index contributed by atoms with van der Waals surface area (Å²) in [5, 5.41) is 6.73. The summed E-state index contributed by atoms with van der Waals surface area (Å²) < 4.78 is 0. The van der Waals surface area contributed by atoms with Gasteiger partial charge in [-0.05, 0) is 13.3 Å². The number of nitrogens with one attached hydrogen (secondary N) is 2. The van der Waals surface area contributed by atoms with Crippen LogP contribution in [0.2, 0.25) is 0 Å². The molecule has 2 atom stereocenters. The van der Waals surface area contributed by atoms with Crippen LogP contribution in [-0.4, -0.2) is 31.7 Å². The van der Waals surface area contributed by atoms with Crippen LogP contribution in [0.15, 0.2) is 0 Å². The molecule has 3 nitrogen and oxygen atoms in total. The third-order valence-electron chi connectivity index (χ3n) is 1.78. The van der Waals surface area contributed by atoms with Crippen molar-refractivity contribution in [1.29, 1.82) is 0 Å². The van der Waals surface area contributed by atoms with Gasteiger partial charge >= 0.3 is 0 Å². The van der Waals surface area contributed by atoms with E-state index in [9.17, 15) is 0 Å². The Kier molecular flexibility index (Phi) is 3.12. The summed E-state index contributed by atoms with van der Waals surface area (Å²) in [6.07, 6.45) is 1.08. The van der Waals surface area contributed by atoms with Gasteiger partial charge < -0.3 is 16.4 Å². The van der Waals surface area contributed by atoms with Crippen molar-refractivity contribution in [1.82, 2.24) is 10.6 Å². The highest BCUT2D eigenvalue weighted by Crippen LogP contribution is 1.96. The van der Waals surface area contributed by atoms with Crippen molar-refractivity contribution in [3.05, 3.63) is 0 Å². The van der Waals surface area contributed by atoms with Gasteiger partial charge in [0, 0.05) is 31.7 Å². The number of hydrogen-bond acceptors (Lipinski definition) is 3. The van der Waals surface area contributed by atoms with E-state index in [1.807, 2.05) is 0 Å². The van der Waals surface area contributed by atoms with E-state index in [0.29, 0.717) is 12.1 Å². The quantitative estimate of drug-likeness (QED) is 0.478. The zero-order chi connectivity index (χ0) is 7.40. The van der Waals surface area contributed by atoms with Gasteiger partial charge in [0.25, 0.3) is 0 Å². The predicted octanol–water partition coefficient (Wildman–Crippen LogP) is -0.715. The molecule has 0 amide bonds. The Bertz CT molecular complexity index is 86.9. The first kappa shape index (κ1) is 7.98. The van der Waals surface area contributed by atoms with Gasteiger partial charge in [-0.2, -0.15) is 0 Å². The second-order valence-electron chi connectivity index (χ2n) is 3.07. The molecule has 2 unspecified atom stereocenters. The Hall–Kier alpha value is -0.120. The molecule has 0 saturated carbocycles. The van der Waals surface area contributed by atoms with Crippen LogP contribution >= 0.6 is 0 Å². The second-order valence-corrected chi connectivity index (χ2v) is 3.07. The van der Waals surface area contributed by atoms with Crippen LogP contribution in [0.1, 0.15) is 13.3 Å². The fourth-order valence-electron chi connectivity index (χ4n) is 1.33. The molecule has 0 aromatic rings. The predicted molar refractivity (Wildman–Crippen MR) is 42.9 cm³/mol. The molecule has 0 radical (unpaired) electrons. The number of piperazine rings is 1. The average molecular weight is 143 g/mol. The largest absolute Gasteiger partial charge is 0.328 e. The van der Waals surface area contributed by atoms with Gasteiger partial charge in [-0.15, -0.1) is 0 Å². The molecule has 0 aromatic carbocycles. The van der Waals surface area contributed by atoms with E-state index in [4.69, 9.17) is 5.73 Å². The molecule has 4 N–H and O–H groups in total. The topological polar surface area (TPSA) is 50.1 Å². The average Bonchev–Trinajstić information content (AvgIpc) is 1.88. The lowest BCUT2D eigenvalue weighted by molar-refractivity contribution is 0.382. The summed E-state index contributed by atoms with van der Waals surface area (Å²) in [5.41, 5.74) is 5.66. The van der Waals surface area contributed by atoms with Crippen molar-refractivity contribution in [3.8, 4) is 0 Å². The molecule has 1 rings (SSSR count). The zero-order valence-corrected chi connectivity index (χ0v) is 6.56. The molecule has 1 heterocycles. The van der Waals surface area contributed by atoms with Crippen LogP contribution in [0.3, 0.4) is 0 Å². The van der Waals surface area contributed by atoms with Crippen molar-refractivity contribution >= 4 is 0 Å². The van der Waals surface area contributed by atoms with Crippen molar-refractivity contribution in [2.24, 2.45) is 5.73 Å². The van der Waals surface area contributed by atoms with Crippen LogP contribution in [0.4, 0.5) is 0 Å². The van der Waals surface area contributed by atoms with Gasteiger partial charge in [-0.1, -0.05) is 0 Å². The number of hydrogen-bond donors (Lipinski definition) is 3. The summed E-state index contributed by atoms with van der Waals surface area (Å²) in [6.45, 7) is 5.30. The maximum absolute atomic E-state index is 5.66. The van der Waals surface area contributed by atoms with Crippen molar-refractivity contribution < 1.29 is 0 Å². The van der Waals surface area contributed by atoms with Gasteiger partial charge in [-0.3, -0.25) is 0 Å². The monoisotopic (exact) mass is 143 g/mol. The number of nitrogens with two attached hydrogens (primary N) is 1. The van der Waals surface area contributed by atoms with E-state index in [2.05, 4.69) is 17.6 Å². The van der Waals surface area contributed by atoms with Gasteiger partial charge in [0.2, 0.25) is 0 Å². The van der Waals surface area contributed by atoms with E-state index >= 15 is 0 Å². The van der Waals surface area contributed by atoms with E-state index in [-0.39, 0.29) is 0 Å². The fourth-order valence-corrected chi connectivity index (χ4v) is 1.33. The van der Waals surface area contributed by atoms with Gasteiger partial charge in [0.05, 0.1) is 0 Å². The molecule has 1 aliphatic rings. The molecule has 3 heteroatoms. The molecule has 0 bridgehead atoms. The Balaban J connectivity index is 2.13. The Morgan fingerprint density at radius 2 is 2.40 bits per heavy atom. The van der Waals surface area contributed by atoms with Crippen molar-refractivity contribution in [2.45, 2.75) is 25.4 Å². The summed E-state index contributed by atoms with van der Waals surface area (Å²) >= 11 is 0. The zero-order valence-electron chi connectivity index (χ0n) is 6.56. The number of rotatable bonds is 2. The first-order valence-electron chi connectivity index (χ1n) is 3.98. The highest BCUT2D eigenvalue weighted by Gasteiger charge is 2.12. The van der Waals surface area contributed by atoms with E-state index in [1.54, 1.807) is 0 Å². The van der Waals surface area contributed by atoms with Crippen LogP contribution in [0.5, 0.6) is 0 Å². The summed E-state index contributed by atoms with van der Waals surface area (Å²) in [4.78, 5) is 0. The van der Waals surface area contributed by atoms with Crippen LogP contribution < -0.4 is 16.4 Å². The molecule has 1 aliphatic heterocycles. The highest BCUT2D eigenvalue weighted by atomic mass is 15.1. The second kappa shape index (κ2) is 3.91. The minimum absolute atomic E-state index is 0.317. The van der Waals surface area contributed by atoms with Crippen LogP contribution in [0, 0.1) is 0 Å². The van der Waals surface area contributed by atoms with Crippen LogP contribution in [-0.2, 0) is 0 Å². The van der Waals surface area contributed by atoms with Gasteiger partial charge in [0.15, 0.2) is 0 Å². The van der Waals surface area contributed by atoms with Crippen molar-refractivity contribution in [3.63, 3.8) is 0 Å². The molecule has 60 valence electrons. The molecule has 0 aliphatic carbocycles. The molecule has 0 aromatic heterocycles. The minimum Gasteiger partial charge on any atom is -0.328 e. The SMILES string of the molecule is CC(N)CC1CNCCN1. The normalized spacial score (nSPS) is 30.0. The van der Waals surface area contributed by atoms with Gasteiger partial charge in [-0.25, -0.2) is 0 Å². The van der Waals surface area contributed by atoms with Gasteiger partial charge in [0.1, 0.15) is 0 Å². The van der Waals surface area contributed by atoms with Crippen LogP contribution in [0.25, 0.3) is 0 Å². The Morgan fingerprint density at radius 3 is 2.90 bits per heavy atom. The molecule has 0 spiro atoms. The molecule has 10 heavy (non-hydrogen) atoms. The maximum atomic E-state index is 5.66. The standard InChI is InChI=1S/C7H17N3/c1-6(8)4-7-5-9-2-3-10-7/h6-7,9-10H,2-5,8H2,1H3. The summed E-state index contributed by atoms with van der Waals surface area (Å²) in [7, 11) is 0. The molecular weight excluding hydrogens is 126 g/mol. The lowest BCUT2D eigenvalue weighted by atomic mass is 10.1. The molecule has 1 saturated heterocycles. The highest BCUT2D eigenvalue weighted by molar-refractivity contribution is 4.77. The Labute approximate surface area is 62.4 Å². The summed E-state index contributed by atoms with van der Waals surface area (Å²) in [6, 6.07) is 0.908. The Morgan fingerprint density at radius 1 is 1.60 bits per heavy atom. The lowest BCUT2D eigenvalue weighted by Crippen LogP contribution is -2.50. The first-order valence-corrected chi connectivity index (χ1v) is 3.98. The third kappa shape index (κ3) is 2.64. The third-order valence-corrected chi connectivity index (χ3v) is 1.78. The smallest absolute Gasteiger partial charge is 0.0207 e. The van der Waals surface area contributed by atoms with E-state index in [0.717, 1.165) is 26.1 Å². The molecule has 1 fully saturated rings. The lowest BCUT2D eigenvalue weighted by Gasteiger charge is -2.25. The fraction of sp³-hybridized carbons (Fsp3) is 1.00.